The van der Waals surface area contributed by atoms with Crippen LogP contribution < -0.4 is 9.57 Å². The smallest absolute Gasteiger partial charge is 0.442 e. The molecule has 3 rings (SSSR count). The molecule has 1 aliphatic heterocycles. The maximum Gasteiger partial charge on any atom is 0.442 e. The van der Waals surface area contributed by atoms with Crippen LogP contribution in [-0.2, 0) is 14.3 Å². The zero-order chi connectivity index (χ0) is 16.6. The van der Waals surface area contributed by atoms with Crippen LogP contribution in [0.25, 0.3) is 11.4 Å². The van der Waals surface area contributed by atoms with Crippen LogP contribution in [-0.4, -0.2) is 28.8 Å². The van der Waals surface area contributed by atoms with Crippen molar-refractivity contribution in [3.63, 3.8) is 0 Å². The van der Waals surface area contributed by atoms with Crippen LogP contribution in [0.1, 0.15) is 30.8 Å². The molecular weight excluding hydrogens is 300 g/mol. The molecule has 1 aromatic heterocycles. The van der Waals surface area contributed by atoms with Gasteiger partial charge >= 0.3 is 11.9 Å². The van der Waals surface area contributed by atoms with E-state index in [1.165, 1.54) is 4.73 Å². The van der Waals surface area contributed by atoms with Crippen LogP contribution in [0, 0.1) is 6.92 Å². The van der Waals surface area contributed by atoms with Gasteiger partial charge in [0.25, 0.3) is 0 Å². The number of imidazole rings is 1. The minimum Gasteiger partial charge on any atom is -0.496 e. The highest BCUT2D eigenvalue weighted by Gasteiger charge is 2.33. The highest BCUT2D eigenvalue weighted by atomic mass is 16.7. The first-order valence-electron chi connectivity index (χ1n) is 7.22. The van der Waals surface area contributed by atoms with Crippen molar-refractivity contribution in [3.05, 3.63) is 35.7 Å². The van der Waals surface area contributed by atoms with Gasteiger partial charge in [-0.3, -0.25) is 0 Å². The summed E-state index contributed by atoms with van der Waals surface area (Å²) in [4.78, 5) is 33.2. The fraction of sp³-hybridized carbons (Fsp3) is 0.312. The van der Waals surface area contributed by atoms with E-state index < -0.39 is 18.0 Å². The summed E-state index contributed by atoms with van der Waals surface area (Å²) in [5, 5.41) is 0. The second-order valence-corrected chi connectivity index (χ2v) is 5.08. The number of cyclic esters (lactones) is 1. The quantitative estimate of drug-likeness (QED) is 0.635. The Balaban J connectivity index is 2.22. The Hall–Kier alpha value is -2.83. The molecule has 0 spiro atoms. The third-order valence-electron chi connectivity index (χ3n) is 3.71. The summed E-state index contributed by atoms with van der Waals surface area (Å²) >= 11 is 0. The molecule has 120 valence electrons. The Labute approximate surface area is 132 Å². The van der Waals surface area contributed by atoms with E-state index in [1.54, 1.807) is 26.2 Å². The third-order valence-corrected chi connectivity index (χ3v) is 3.71. The number of ether oxygens (including phenoxy) is 2. The van der Waals surface area contributed by atoms with Gasteiger partial charge in [-0.25, -0.2) is 14.6 Å². The topological polar surface area (TPSA) is 79.7 Å². The molecule has 7 heteroatoms. The highest BCUT2D eigenvalue weighted by molar-refractivity contribution is 6.30. The first-order valence-corrected chi connectivity index (χ1v) is 7.22. The molecule has 0 amide bonds. The van der Waals surface area contributed by atoms with Gasteiger partial charge in [-0.1, -0.05) is 19.1 Å². The molecule has 0 N–H and O–H groups in total. The normalized spacial score (nSPS) is 17.1. The fourth-order valence-electron chi connectivity index (χ4n) is 2.55. The van der Waals surface area contributed by atoms with E-state index in [-0.39, 0.29) is 0 Å². The molecule has 0 aliphatic carbocycles. The number of esters is 1. The van der Waals surface area contributed by atoms with Crippen LogP contribution in [0.3, 0.4) is 0 Å². The summed E-state index contributed by atoms with van der Waals surface area (Å²) in [7, 11) is 1.55. The van der Waals surface area contributed by atoms with Gasteiger partial charge < -0.3 is 14.3 Å². The molecule has 0 saturated carbocycles. The molecular formula is C16H16N2O5. The highest BCUT2D eigenvalue weighted by Crippen LogP contribution is 2.34. The SMILES string of the molecule is CCC1OC(=O)C(=O)On2c(-c3ccccc3OC)nc1c2C. The van der Waals surface area contributed by atoms with E-state index in [4.69, 9.17) is 14.3 Å². The molecule has 1 unspecified atom stereocenters. The maximum atomic E-state index is 11.8. The largest absolute Gasteiger partial charge is 0.496 e. The Morgan fingerprint density at radius 3 is 2.70 bits per heavy atom. The second kappa shape index (κ2) is 5.75. The van der Waals surface area contributed by atoms with Crippen LogP contribution in [0.2, 0.25) is 0 Å². The number of carbonyl (C=O) groups excluding carboxylic acids is 2. The van der Waals surface area contributed by atoms with Crippen molar-refractivity contribution in [3.8, 4) is 17.1 Å². The van der Waals surface area contributed by atoms with Gasteiger partial charge in [0.15, 0.2) is 5.82 Å². The molecule has 2 aromatic rings. The zero-order valence-electron chi connectivity index (χ0n) is 13.0. The lowest BCUT2D eigenvalue weighted by atomic mass is 10.1. The predicted molar refractivity (Wildman–Crippen MR) is 79.7 cm³/mol. The summed E-state index contributed by atoms with van der Waals surface area (Å²) in [6, 6.07) is 7.24. The lowest BCUT2D eigenvalue weighted by molar-refractivity contribution is -0.172. The zero-order valence-corrected chi connectivity index (χ0v) is 13.0. The molecule has 23 heavy (non-hydrogen) atoms. The van der Waals surface area contributed by atoms with Crippen LogP contribution in [0.5, 0.6) is 5.75 Å². The molecule has 0 radical (unpaired) electrons. The second-order valence-electron chi connectivity index (χ2n) is 5.08. The molecule has 1 aromatic carbocycles. The average molecular weight is 316 g/mol. The Morgan fingerprint density at radius 1 is 1.26 bits per heavy atom. The third kappa shape index (κ3) is 2.44. The number of rotatable bonds is 3. The average Bonchev–Trinajstić information content (AvgIpc) is 2.90. The summed E-state index contributed by atoms with van der Waals surface area (Å²) < 4.78 is 11.8. The van der Waals surface area contributed by atoms with Crippen LogP contribution in [0.15, 0.2) is 24.3 Å². The Morgan fingerprint density at radius 2 is 2.00 bits per heavy atom. The van der Waals surface area contributed by atoms with Crippen molar-refractivity contribution >= 4 is 11.9 Å². The van der Waals surface area contributed by atoms with Crippen molar-refractivity contribution in [1.29, 1.82) is 0 Å². The van der Waals surface area contributed by atoms with E-state index in [1.807, 2.05) is 19.1 Å². The van der Waals surface area contributed by atoms with Gasteiger partial charge in [-0.15, -0.1) is 0 Å². The van der Waals surface area contributed by atoms with E-state index in [2.05, 4.69) is 4.98 Å². The molecule has 1 atom stereocenters. The van der Waals surface area contributed by atoms with Gasteiger partial charge in [0.2, 0.25) is 0 Å². The van der Waals surface area contributed by atoms with Crippen molar-refractivity contribution in [2.45, 2.75) is 26.4 Å². The first kappa shape index (κ1) is 15.1. The van der Waals surface area contributed by atoms with E-state index in [0.717, 1.165) is 0 Å². The number of hydrogen-bond donors (Lipinski definition) is 0. The van der Waals surface area contributed by atoms with Crippen molar-refractivity contribution < 1.29 is 23.9 Å². The van der Waals surface area contributed by atoms with Gasteiger partial charge in [0.1, 0.15) is 17.5 Å². The predicted octanol–water partition coefficient (Wildman–Crippen LogP) is 1.83. The maximum absolute atomic E-state index is 11.8. The minimum atomic E-state index is -1.08. The number of benzene rings is 1. The van der Waals surface area contributed by atoms with Crippen LogP contribution >= 0.6 is 0 Å². The van der Waals surface area contributed by atoms with E-state index in [9.17, 15) is 9.59 Å². The fourth-order valence-corrected chi connectivity index (χ4v) is 2.55. The molecule has 0 fully saturated rings. The number of para-hydroxylation sites is 1. The summed E-state index contributed by atoms with van der Waals surface area (Å²) in [6.07, 6.45) is -0.0903. The number of aromatic nitrogens is 2. The monoisotopic (exact) mass is 316 g/mol. The lowest BCUT2D eigenvalue weighted by Crippen LogP contribution is -2.32. The summed E-state index contributed by atoms with van der Waals surface area (Å²) in [6.45, 7) is 3.61. The number of carbonyl (C=O) groups is 2. The molecule has 1 aliphatic rings. The van der Waals surface area contributed by atoms with Gasteiger partial charge in [0.05, 0.1) is 18.4 Å². The van der Waals surface area contributed by atoms with Gasteiger partial charge in [-0.05, 0) is 25.5 Å². The van der Waals surface area contributed by atoms with Crippen molar-refractivity contribution in [2.24, 2.45) is 0 Å². The molecule has 7 nitrogen and oxygen atoms in total. The number of fused-ring (bicyclic) bond motifs is 2. The van der Waals surface area contributed by atoms with Crippen molar-refractivity contribution in [2.75, 3.05) is 7.11 Å². The number of hydrogen-bond acceptors (Lipinski definition) is 6. The van der Waals surface area contributed by atoms with Crippen LogP contribution in [0.4, 0.5) is 0 Å². The van der Waals surface area contributed by atoms with E-state index >= 15 is 0 Å². The van der Waals surface area contributed by atoms with E-state index in [0.29, 0.717) is 34.9 Å². The molecule has 0 saturated heterocycles. The van der Waals surface area contributed by atoms with Crippen molar-refractivity contribution in [1.82, 2.24) is 9.71 Å². The minimum absolute atomic E-state index is 0.389. The first-order chi connectivity index (χ1) is 11.1. The number of nitrogens with zero attached hydrogens (tertiary/aromatic N) is 2. The summed E-state index contributed by atoms with van der Waals surface area (Å²) in [5.74, 6) is -1.13. The number of methoxy groups -OCH3 is 1. The Bertz CT molecular complexity index is 781. The lowest BCUT2D eigenvalue weighted by Gasteiger charge is -2.17. The van der Waals surface area contributed by atoms with Gasteiger partial charge in [0, 0.05) is 0 Å². The van der Waals surface area contributed by atoms with Gasteiger partial charge in [-0.2, -0.15) is 4.73 Å². The molecule has 2 heterocycles. The summed E-state index contributed by atoms with van der Waals surface area (Å²) in [5.41, 5.74) is 1.83. The standard InChI is InChI=1S/C16H16N2O5/c1-4-11-13-9(2)18(23-16(20)15(19)22-11)14(17-13)10-7-5-6-8-12(10)21-3/h5-8,11H,4H2,1-3H3. The Kier molecular flexibility index (Phi) is 3.77. The molecule has 2 bridgehead atoms.